The van der Waals surface area contributed by atoms with Gasteiger partial charge in [-0.15, -0.1) is 0 Å². The number of β-amino-alcohol motifs (C(OH)–C–C–N with tert-alkyl or cyclic N) is 1. The fourth-order valence-electron chi connectivity index (χ4n) is 3.56. The third-order valence-corrected chi connectivity index (χ3v) is 5.61. The summed E-state index contributed by atoms with van der Waals surface area (Å²) in [6, 6.07) is 10.2. The lowest BCUT2D eigenvalue weighted by atomic mass is 10.1. The number of aromatic amines is 1. The number of rotatable bonds is 5. The number of carbonyl (C=O) groups is 1. The first-order valence-corrected chi connectivity index (χ1v) is 10.5. The van der Waals surface area contributed by atoms with Crippen molar-refractivity contribution in [1.82, 2.24) is 14.8 Å². The van der Waals surface area contributed by atoms with Crippen molar-refractivity contribution in [2.24, 2.45) is 0 Å². The van der Waals surface area contributed by atoms with Crippen LogP contribution in [0.3, 0.4) is 0 Å². The monoisotopic (exact) mass is 465 g/mol. The highest BCUT2D eigenvalue weighted by Gasteiger charge is 2.24. The van der Waals surface area contributed by atoms with Crippen molar-refractivity contribution >= 4 is 40.4 Å². The van der Waals surface area contributed by atoms with Crippen molar-refractivity contribution in [3.8, 4) is 0 Å². The number of aliphatic hydroxyl groups excluding tert-OH is 1. The number of carbonyl (C=O) groups excluding carboxylic acids is 1. The summed E-state index contributed by atoms with van der Waals surface area (Å²) >= 11 is 11.9. The number of piperazine rings is 1. The van der Waals surface area contributed by atoms with E-state index in [1.54, 1.807) is 41.3 Å². The second-order valence-electron chi connectivity index (χ2n) is 7.41. The average molecular weight is 466 g/mol. The molecule has 3 aromatic rings. The molecule has 10 heteroatoms. The Morgan fingerprint density at radius 3 is 2.55 bits per heavy atom. The van der Waals surface area contributed by atoms with E-state index >= 15 is 0 Å². The first-order valence-electron chi connectivity index (χ1n) is 9.77. The molecule has 1 unspecified atom stereocenters. The second-order valence-corrected chi connectivity index (χ2v) is 8.28. The van der Waals surface area contributed by atoms with Crippen LogP contribution in [0, 0.1) is 0 Å². The third kappa shape index (κ3) is 5.40. The largest absolute Gasteiger partial charge is 0.445 e. The molecule has 2 heterocycles. The van der Waals surface area contributed by atoms with Crippen LogP contribution >= 0.6 is 23.2 Å². The fraction of sp³-hybridized carbons (Fsp3) is 0.333. The Labute approximate surface area is 187 Å². The summed E-state index contributed by atoms with van der Waals surface area (Å²) in [4.78, 5) is 29.9. The maximum atomic E-state index is 12.3. The van der Waals surface area contributed by atoms with E-state index in [0.717, 1.165) is 5.56 Å². The molecular formula is C21H21Cl2N3O5. The third-order valence-electron chi connectivity index (χ3n) is 5.18. The van der Waals surface area contributed by atoms with Crippen molar-refractivity contribution < 1.29 is 19.1 Å². The van der Waals surface area contributed by atoms with Gasteiger partial charge in [-0.3, -0.25) is 9.88 Å². The van der Waals surface area contributed by atoms with Gasteiger partial charge in [0.05, 0.1) is 11.6 Å². The molecule has 1 aliphatic heterocycles. The Bertz CT molecular complexity index is 1120. The summed E-state index contributed by atoms with van der Waals surface area (Å²) in [7, 11) is 0. The van der Waals surface area contributed by atoms with Crippen LogP contribution in [0.4, 0.5) is 4.79 Å². The first-order chi connectivity index (χ1) is 14.9. The standard InChI is InChI=1S/C21H21Cl2N3O5/c22-15-7-13(8-16(23)10-15)12-30-21(29)26-5-3-25(4-6-26)11-18(27)14-1-2-17-19(9-14)31-20(28)24-17/h1-2,7-10,18,27H,3-6,11-12H2,(H,24,28). The van der Waals surface area contributed by atoms with E-state index in [-0.39, 0.29) is 6.61 Å². The normalized spacial score (nSPS) is 15.9. The fourth-order valence-corrected chi connectivity index (χ4v) is 4.13. The number of nitrogens with zero attached hydrogens (tertiary/aromatic N) is 2. The minimum atomic E-state index is -0.740. The van der Waals surface area contributed by atoms with E-state index in [1.807, 2.05) is 0 Å². The molecule has 1 atom stereocenters. The van der Waals surface area contributed by atoms with Crippen molar-refractivity contribution in [2.45, 2.75) is 12.7 Å². The molecule has 1 fully saturated rings. The van der Waals surface area contributed by atoms with Gasteiger partial charge in [0.1, 0.15) is 6.61 Å². The number of H-pyrrole nitrogens is 1. The highest BCUT2D eigenvalue weighted by atomic mass is 35.5. The van der Waals surface area contributed by atoms with Gasteiger partial charge in [0.25, 0.3) is 0 Å². The summed E-state index contributed by atoms with van der Waals surface area (Å²) in [5.41, 5.74) is 2.39. The Morgan fingerprint density at radius 1 is 1.13 bits per heavy atom. The molecule has 1 aromatic heterocycles. The van der Waals surface area contributed by atoms with Gasteiger partial charge in [0, 0.05) is 42.8 Å². The van der Waals surface area contributed by atoms with Crippen molar-refractivity contribution in [1.29, 1.82) is 0 Å². The summed E-state index contributed by atoms with van der Waals surface area (Å²) < 4.78 is 10.4. The molecule has 0 aliphatic carbocycles. The highest BCUT2D eigenvalue weighted by molar-refractivity contribution is 6.34. The molecule has 164 valence electrons. The molecule has 1 amide bonds. The van der Waals surface area contributed by atoms with E-state index in [0.29, 0.717) is 59.4 Å². The van der Waals surface area contributed by atoms with Crippen LogP contribution in [-0.2, 0) is 11.3 Å². The number of amides is 1. The van der Waals surface area contributed by atoms with Gasteiger partial charge < -0.3 is 19.2 Å². The Hall–Kier alpha value is -2.52. The van der Waals surface area contributed by atoms with E-state index in [9.17, 15) is 14.7 Å². The lowest BCUT2D eigenvalue weighted by Crippen LogP contribution is -2.49. The number of ether oxygens (including phenoxy) is 1. The molecule has 1 saturated heterocycles. The molecule has 31 heavy (non-hydrogen) atoms. The Kier molecular flexibility index (Phi) is 6.52. The van der Waals surface area contributed by atoms with Crippen molar-refractivity contribution in [3.05, 3.63) is 68.1 Å². The van der Waals surface area contributed by atoms with Crippen LogP contribution in [0.15, 0.2) is 45.6 Å². The first kappa shape index (κ1) is 21.7. The van der Waals surface area contributed by atoms with Gasteiger partial charge in [-0.05, 0) is 41.5 Å². The molecule has 2 N–H and O–H groups in total. The van der Waals surface area contributed by atoms with Gasteiger partial charge in [-0.1, -0.05) is 29.3 Å². The molecule has 0 radical (unpaired) electrons. The zero-order valence-electron chi connectivity index (χ0n) is 16.5. The molecule has 0 bridgehead atoms. The number of aromatic nitrogens is 1. The summed E-state index contributed by atoms with van der Waals surface area (Å²) in [6.07, 6.45) is -1.14. The predicted molar refractivity (Wildman–Crippen MR) is 116 cm³/mol. The molecule has 2 aromatic carbocycles. The number of nitrogens with one attached hydrogen (secondary N) is 1. The number of halogens is 2. The van der Waals surface area contributed by atoms with Crippen LogP contribution in [0.25, 0.3) is 11.1 Å². The SMILES string of the molecule is O=C(OCc1cc(Cl)cc(Cl)c1)N1CCN(CC(O)c2ccc3[nH]c(=O)oc3c2)CC1. The number of hydrogen-bond acceptors (Lipinski definition) is 6. The minimum absolute atomic E-state index is 0.0931. The van der Waals surface area contributed by atoms with E-state index in [2.05, 4.69) is 9.88 Å². The average Bonchev–Trinajstić information content (AvgIpc) is 3.11. The van der Waals surface area contributed by atoms with E-state index < -0.39 is 18.0 Å². The van der Waals surface area contributed by atoms with Crippen LogP contribution in [-0.4, -0.2) is 58.7 Å². The quantitative estimate of drug-likeness (QED) is 0.598. The highest BCUT2D eigenvalue weighted by Crippen LogP contribution is 2.21. The molecular weight excluding hydrogens is 445 g/mol. The van der Waals surface area contributed by atoms with Crippen molar-refractivity contribution in [3.63, 3.8) is 0 Å². The lowest BCUT2D eigenvalue weighted by molar-refractivity contribution is 0.0532. The number of aliphatic hydroxyl groups is 1. The van der Waals surface area contributed by atoms with Gasteiger partial charge in [0.2, 0.25) is 0 Å². The van der Waals surface area contributed by atoms with Gasteiger partial charge in [-0.25, -0.2) is 9.59 Å². The molecule has 4 rings (SSSR count). The number of benzene rings is 2. The Morgan fingerprint density at radius 2 is 1.84 bits per heavy atom. The van der Waals surface area contributed by atoms with Crippen LogP contribution in [0.2, 0.25) is 10.0 Å². The van der Waals surface area contributed by atoms with E-state index in [1.165, 1.54) is 0 Å². The predicted octanol–water partition coefficient (Wildman–Crippen LogP) is 3.42. The maximum Gasteiger partial charge on any atom is 0.417 e. The Balaban J connectivity index is 1.26. The summed E-state index contributed by atoms with van der Waals surface area (Å²) in [5, 5.41) is 11.5. The number of fused-ring (bicyclic) bond motifs is 1. The van der Waals surface area contributed by atoms with Gasteiger partial charge >= 0.3 is 11.8 Å². The summed E-state index contributed by atoms with van der Waals surface area (Å²) in [5.74, 6) is -0.525. The summed E-state index contributed by atoms with van der Waals surface area (Å²) in [6.45, 7) is 2.70. The molecule has 0 saturated carbocycles. The maximum absolute atomic E-state index is 12.3. The second kappa shape index (κ2) is 9.32. The smallest absolute Gasteiger partial charge is 0.417 e. The number of oxazole rings is 1. The minimum Gasteiger partial charge on any atom is -0.445 e. The van der Waals surface area contributed by atoms with E-state index in [4.69, 9.17) is 32.4 Å². The van der Waals surface area contributed by atoms with Crippen LogP contribution in [0.5, 0.6) is 0 Å². The van der Waals surface area contributed by atoms with Gasteiger partial charge in [-0.2, -0.15) is 0 Å². The lowest BCUT2D eigenvalue weighted by Gasteiger charge is -2.35. The topological polar surface area (TPSA) is 99.0 Å². The molecule has 8 nitrogen and oxygen atoms in total. The number of hydrogen-bond donors (Lipinski definition) is 2. The zero-order valence-corrected chi connectivity index (χ0v) is 18.0. The van der Waals surface area contributed by atoms with Crippen LogP contribution < -0.4 is 5.76 Å². The van der Waals surface area contributed by atoms with Crippen molar-refractivity contribution in [2.75, 3.05) is 32.7 Å². The zero-order chi connectivity index (χ0) is 22.0. The molecule has 0 spiro atoms. The van der Waals surface area contributed by atoms with Crippen LogP contribution in [0.1, 0.15) is 17.2 Å². The van der Waals surface area contributed by atoms with Gasteiger partial charge in [0.15, 0.2) is 5.58 Å². The molecule has 1 aliphatic rings.